The predicted octanol–water partition coefficient (Wildman–Crippen LogP) is 3.47. The third kappa shape index (κ3) is 16.0. The van der Waals surface area contributed by atoms with Crippen LogP contribution in [-0.2, 0) is 23.9 Å². The summed E-state index contributed by atoms with van der Waals surface area (Å²) in [6.07, 6.45) is 11.6. The molecule has 0 aliphatic heterocycles. The van der Waals surface area contributed by atoms with Crippen molar-refractivity contribution in [1.29, 1.82) is 0 Å². The van der Waals surface area contributed by atoms with E-state index in [0.29, 0.717) is 19.3 Å². The Kier molecular flexibility index (Phi) is 17.9. The number of primary amides is 1. The molecule has 2 unspecified atom stereocenters. The van der Waals surface area contributed by atoms with Gasteiger partial charge >= 0.3 is 11.9 Å². The van der Waals surface area contributed by atoms with E-state index in [4.69, 9.17) is 26.7 Å². The molecule has 32 heavy (non-hydrogen) atoms. The highest BCUT2D eigenvalue weighted by Gasteiger charge is 2.30. The van der Waals surface area contributed by atoms with Crippen LogP contribution >= 0.6 is 0 Å². The summed E-state index contributed by atoms with van der Waals surface area (Å²) in [4.78, 5) is 35.2. The minimum atomic E-state index is -0.745. The van der Waals surface area contributed by atoms with Crippen LogP contribution < -0.4 is 17.2 Å². The van der Waals surface area contributed by atoms with Crippen molar-refractivity contribution in [2.75, 3.05) is 0 Å². The van der Waals surface area contributed by atoms with Crippen LogP contribution in [0.5, 0.6) is 0 Å². The first-order chi connectivity index (χ1) is 15.2. The van der Waals surface area contributed by atoms with Crippen LogP contribution in [0.4, 0.5) is 0 Å². The van der Waals surface area contributed by atoms with E-state index >= 15 is 0 Å². The van der Waals surface area contributed by atoms with Crippen molar-refractivity contribution in [2.24, 2.45) is 17.2 Å². The number of nitrogens with two attached hydrogens (primary N) is 3. The topological polar surface area (TPSA) is 148 Å². The van der Waals surface area contributed by atoms with Gasteiger partial charge in [-0.2, -0.15) is 0 Å². The lowest BCUT2D eigenvalue weighted by molar-refractivity contribution is -0.170. The van der Waals surface area contributed by atoms with E-state index in [2.05, 4.69) is 6.92 Å². The summed E-state index contributed by atoms with van der Waals surface area (Å²) in [6, 6.07) is -1.48. The van der Waals surface area contributed by atoms with Gasteiger partial charge in [0.1, 0.15) is 24.3 Å². The Labute approximate surface area is 194 Å². The number of hydrogen-bond donors (Lipinski definition) is 3. The van der Waals surface area contributed by atoms with Gasteiger partial charge < -0.3 is 26.7 Å². The molecule has 0 fully saturated rings. The number of rotatable bonds is 20. The SMILES string of the molecule is CCCCCCCCC(OC(=O)[C@H](C)N)C(CCCCCCCC(N)=O)OC(=O)[C@H](C)N. The molecule has 8 heteroatoms. The molecule has 188 valence electrons. The molecule has 0 heterocycles. The van der Waals surface area contributed by atoms with Gasteiger partial charge in [0.25, 0.3) is 0 Å². The number of esters is 2. The van der Waals surface area contributed by atoms with Crippen molar-refractivity contribution in [1.82, 2.24) is 0 Å². The summed E-state index contributed by atoms with van der Waals surface area (Å²) in [6.45, 7) is 5.34. The van der Waals surface area contributed by atoms with E-state index in [0.717, 1.165) is 51.4 Å². The van der Waals surface area contributed by atoms with Crippen LogP contribution in [0.15, 0.2) is 0 Å². The number of hydrogen-bond acceptors (Lipinski definition) is 7. The molecule has 1 amide bonds. The third-order valence-electron chi connectivity index (χ3n) is 5.45. The Morgan fingerprint density at radius 1 is 0.656 bits per heavy atom. The fourth-order valence-electron chi connectivity index (χ4n) is 3.46. The standard InChI is InChI=1S/C24H47N3O5/c1-4-5-6-7-9-12-15-20(31-23(29)18(2)25)21(32-24(30)19(3)26)16-13-10-8-11-14-17-22(27)28/h18-21H,4-17,25-26H2,1-3H3,(H2,27,28)/t18-,19-,20?,21?/m0/s1. The maximum absolute atomic E-state index is 12.2. The molecule has 0 aromatic carbocycles. The normalized spacial score (nSPS) is 14.9. The first kappa shape index (κ1) is 30.3. The minimum Gasteiger partial charge on any atom is -0.457 e. The quantitative estimate of drug-likeness (QED) is 0.187. The van der Waals surface area contributed by atoms with Gasteiger partial charge in [0, 0.05) is 6.42 Å². The van der Waals surface area contributed by atoms with E-state index in [-0.39, 0.29) is 5.91 Å². The van der Waals surface area contributed by atoms with Gasteiger partial charge in [-0.05, 0) is 46.0 Å². The number of amides is 1. The second-order valence-electron chi connectivity index (χ2n) is 8.86. The van der Waals surface area contributed by atoms with Crippen molar-refractivity contribution in [3.8, 4) is 0 Å². The molecule has 0 aromatic heterocycles. The smallest absolute Gasteiger partial charge is 0.323 e. The fourth-order valence-corrected chi connectivity index (χ4v) is 3.46. The Bertz CT molecular complexity index is 526. The van der Waals surface area contributed by atoms with E-state index in [9.17, 15) is 14.4 Å². The van der Waals surface area contributed by atoms with Gasteiger partial charge in [-0.15, -0.1) is 0 Å². The fraction of sp³-hybridized carbons (Fsp3) is 0.875. The highest BCUT2D eigenvalue weighted by molar-refractivity contribution is 5.76. The maximum Gasteiger partial charge on any atom is 0.323 e. The average molecular weight is 458 g/mol. The zero-order valence-electron chi connectivity index (χ0n) is 20.5. The maximum atomic E-state index is 12.2. The zero-order chi connectivity index (χ0) is 24.4. The first-order valence-electron chi connectivity index (χ1n) is 12.4. The van der Waals surface area contributed by atoms with E-state index in [1.807, 2.05) is 0 Å². The van der Waals surface area contributed by atoms with Crippen LogP contribution in [0.1, 0.15) is 111 Å². The van der Waals surface area contributed by atoms with Gasteiger partial charge in [0.2, 0.25) is 5.91 Å². The predicted molar refractivity (Wildman–Crippen MR) is 127 cm³/mol. The molecule has 0 saturated heterocycles. The Balaban J connectivity index is 4.90. The Hall–Kier alpha value is -1.67. The van der Waals surface area contributed by atoms with E-state index in [1.54, 1.807) is 13.8 Å². The average Bonchev–Trinajstić information content (AvgIpc) is 2.73. The van der Waals surface area contributed by atoms with Gasteiger partial charge in [0.05, 0.1) is 0 Å². The lowest BCUT2D eigenvalue weighted by Crippen LogP contribution is -2.42. The van der Waals surface area contributed by atoms with E-state index < -0.39 is 36.2 Å². The van der Waals surface area contributed by atoms with Gasteiger partial charge in [-0.1, -0.05) is 58.3 Å². The molecule has 8 nitrogen and oxygen atoms in total. The molecule has 0 rings (SSSR count). The van der Waals surface area contributed by atoms with Gasteiger partial charge in [-0.25, -0.2) is 0 Å². The zero-order valence-corrected chi connectivity index (χ0v) is 20.5. The number of ether oxygens (including phenoxy) is 2. The lowest BCUT2D eigenvalue weighted by Gasteiger charge is -2.28. The summed E-state index contributed by atoms with van der Waals surface area (Å²) in [5, 5.41) is 0. The largest absolute Gasteiger partial charge is 0.457 e. The molecule has 6 N–H and O–H groups in total. The Morgan fingerprint density at radius 2 is 1.03 bits per heavy atom. The van der Waals surface area contributed by atoms with Crippen LogP contribution in [0.25, 0.3) is 0 Å². The molecular formula is C24H47N3O5. The summed E-state index contributed by atoms with van der Waals surface area (Å²) >= 11 is 0. The molecule has 0 spiro atoms. The second kappa shape index (κ2) is 18.9. The summed E-state index contributed by atoms with van der Waals surface area (Å²) < 4.78 is 11.3. The third-order valence-corrected chi connectivity index (χ3v) is 5.45. The molecule has 0 aliphatic rings. The van der Waals surface area contributed by atoms with E-state index in [1.165, 1.54) is 19.3 Å². The van der Waals surface area contributed by atoms with Crippen LogP contribution in [0.2, 0.25) is 0 Å². The number of carbonyl (C=O) groups is 3. The van der Waals surface area contributed by atoms with Crippen LogP contribution in [0, 0.1) is 0 Å². The highest BCUT2D eigenvalue weighted by Crippen LogP contribution is 2.21. The summed E-state index contributed by atoms with van der Waals surface area (Å²) in [5.41, 5.74) is 16.6. The van der Waals surface area contributed by atoms with Gasteiger partial charge in [0.15, 0.2) is 0 Å². The first-order valence-corrected chi connectivity index (χ1v) is 12.4. The van der Waals surface area contributed by atoms with Gasteiger partial charge in [-0.3, -0.25) is 14.4 Å². The molecule has 0 radical (unpaired) electrons. The summed E-state index contributed by atoms with van der Waals surface area (Å²) in [5.74, 6) is -1.27. The Morgan fingerprint density at radius 3 is 1.41 bits per heavy atom. The molecule has 0 aliphatic carbocycles. The summed E-state index contributed by atoms with van der Waals surface area (Å²) in [7, 11) is 0. The monoisotopic (exact) mass is 457 g/mol. The highest BCUT2D eigenvalue weighted by atomic mass is 16.6. The van der Waals surface area contributed by atoms with Crippen molar-refractivity contribution in [3.05, 3.63) is 0 Å². The molecule has 0 bridgehead atoms. The van der Waals surface area contributed by atoms with Crippen molar-refractivity contribution >= 4 is 17.8 Å². The van der Waals surface area contributed by atoms with Crippen molar-refractivity contribution in [2.45, 2.75) is 135 Å². The molecule has 0 aromatic rings. The van der Waals surface area contributed by atoms with Crippen molar-refractivity contribution in [3.63, 3.8) is 0 Å². The molecular weight excluding hydrogens is 410 g/mol. The molecule has 0 saturated carbocycles. The number of carbonyl (C=O) groups excluding carboxylic acids is 3. The van der Waals surface area contributed by atoms with Crippen LogP contribution in [-0.4, -0.2) is 42.1 Å². The molecule has 4 atom stereocenters. The second-order valence-corrected chi connectivity index (χ2v) is 8.86. The number of unbranched alkanes of at least 4 members (excludes halogenated alkanes) is 9. The lowest BCUT2D eigenvalue weighted by atomic mass is 9.99. The van der Waals surface area contributed by atoms with Crippen LogP contribution in [0.3, 0.4) is 0 Å². The van der Waals surface area contributed by atoms with Crippen molar-refractivity contribution < 1.29 is 23.9 Å². The minimum absolute atomic E-state index is 0.277.